The van der Waals surface area contributed by atoms with Crippen molar-refractivity contribution in [2.24, 2.45) is 21.8 Å². The first-order valence-electron chi connectivity index (χ1n) is 13.1. The molecule has 0 fully saturated rings. The zero-order chi connectivity index (χ0) is 31.2. The van der Waals surface area contributed by atoms with Gasteiger partial charge in [-0.15, -0.1) is 0 Å². The average molecular weight is 673 g/mol. The Morgan fingerprint density at radius 3 is 1.61 bits per heavy atom. The number of halogens is 2. The van der Waals surface area contributed by atoms with Crippen molar-refractivity contribution in [3.05, 3.63) is 125 Å². The molecule has 6 rings (SSSR count). The minimum Gasteiger partial charge on any atom is -0.409 e. The largest absolute Gasteiger partial charge is 0.409 e. The maximum Gasteiger partial charge on any atom is 0.268 e. The molecule has 44 heavy (non-hydrogen) atoms. The third-order valence-corrected chi connectivity index (χ3v) is 9.72. The van der Waals surface area contributed by atoms with Crippen LogP contribution in [0.5, 0.6) is 0 Å². The molecule has 0 spiro atoms. The standard InChI is InChI=1S/C32H23BrFN5O4S/c33-27-10-9-24(17-28(27)34)44(42,43)39-29-11-7-20(18-3-1-5-22(13-18)31(35)37-40)15-25(29)26-16-21(8-12-30(26)39)19-4-2-6-23(14-19)32(36)38-41/h1-17,40-41H,(H2,35,37)(H2,36,38). The molecule has 0 aliphatic heterocycles. The number of oxime groups is 2. The summed E-state index contributed by atoms with van der Waals surface area (Å²) < 4.78 is 44.0. The summed E-state index contributed by atoms with van der Waals surface area (Å²) in [6.45, 7) is 0. The van der Waals surface area contributed by atoms with E-state index in [4.69, 9.17) is 21.9 Å². The molecule has 0 saturated carbocycles. The summed E-state index contributed by atoms with van der Waals surface area (Å²) in [7, 11) is -4.25. The molecule has 1 heterocycles. The van der Waals surface area contributed by atoms with Crippen molar-refractivity contribution < 1.29 is 23.2 Å². The van der Waals surface area contributed by atoms with Gasteiger partial charge in [-0.1, -0.05) is 58.8 Å². The Balaban J connectivity index is 1.63. The molecule has 0 aliphatic carbocycles. The molecule has 6 aromatic rings. The van der Waals surface area contributed by atoms with E-state index < -0.39 is 15.8 Å². The Bertz CT molecular complexity index is 2160. The van der Waals surface area contributed by atoms with Crippen LogP contribution >= 0.6 is 15.9 Å². The van der Waals surface area contributed by atoms with Gasteiger partial charge in [-0.3, -0.25) is 0 Å². The van der Waals surface area contributed by atoms with E-state index in [1.165, 1.54) is 16.1 Å². The van der Waals surface area contributed by atoms with Gasteiger partial charge in [0.25, 0.3) is 10.0 Å². The fourth-order valence-corrected chi connectivity index (χ4v) is 6.97. The minimum atomic E-state index is -4.25. The van der Waals surface area contributed by atoms with Crippen LogP contribution in [-0.4, -0.2) is 34.5 Å². The van der Waals surface area contributed by atoms with Crippen LogP contribution in [0.3, 0.4) is 0 Å². The lowest BCUT2D eigenvalue weighted by molar-refractivity contribution is 0.318. The van der Waals surface area contributed by atoms with E-state index in [-0.39, 0.29) is 21.0 Å². The van der Waals surface area contributed by atoms with Crippen LogP contribution in [0.4, 0.5) is 4.39 Å². The molecule has 220 valence electrons. The zero-order valence-corrected chi connectivity index (χ0v) is 25.1. The SMILES string of the molecule is N/C(=N\O)c1cccc(-c2ccc3c(c2)c2cc(-c4cccc(/C(N)=N/O)c4)ccc2n3S(=O)(=O)c2ccc(Br)c(F)c2)c1. The number of fused-ring (bicyclic) bond motifs is 3. The van der Waals surface area contributed by atoms with E-state index in [1.807, 2.05) is 24.3 Å². The monoisotopic (exact) mass is 671 g/mol. The van der Waals surface area contributed by atoms with Crippen LogP contribution in [0.2, 0.25) is 0 Å². The summed E-state index contributed by atoms with van der Waals surface area (Å²) in [5.74, 6) is -0.792. The minimum absolute atomic E-state index is 0.0453. The quantitative estimate of drug-likeness (QED) is 0.0689. The third-order valence-electron chi connectivity index (χ3n) is 7.35. The van der Waals surface area contributed by atoms with Crippen LogP contribution in [0.25, 0.3) is 44.1 Å². The van der Waals surface area contributed by atoms with Gasteiger partial charge in [-0.25, -0.2) is 16.8 Å². The molecule has 12 heteroatoms. The predicted molar refractivity (Wildman–Crippen MR) is 172 cm³/mol. The molecule has 0 radical (unpaired) electrons. The van der Waals surface area contributed by atoms with Crippen molar-refractivity contribution in [1.29, 1.82) is 0 Å². The molecule has 0 unspecified atom stereocenters. The Morgan fingerprint density at radius 2 is 1.16 bits per heavy atom. The van der Waals surface area contributed by atoms with E-state index in [9.17, 15) is 12.8 Å². The van der Waals surface area contributed by atoms with E-state index in [1.54, 1.807) is 60.7 Å². The van der Waals surface area contributed by atoms with Gasteiger partial charge in [0.2, 0.25) is 0 Å². The Morgan fingerprint density at radius 1 is 0.682 bits per heavy atom. The number of hydrogen-bond acceptors (Lipinski definition) is 6. The van der Waals surface area contributed by atoms with Gasteiger partial charge in [0.05, 0.1) is 20.4 Å². The lowest BCUT2D eigenvalue weighted by Gasteiger charge is -2.11. The second-order valence-corrected chi connectivity index (χ2v) is 12.6. The van der Waals surface area contributed by atoms with Crippen molar-refractivity contribution in [2.45, 2.75) is 4.90 Å². The molecule has 0 amide bonds. The highest BCUT2D eigenvalue weighted by atomic mass is 79.9. The average Bonchev–Trinajstić information content (AvgIpc) is 3.39. The molecule has 0 saturated heterocycles. The first-order chi connectivity index (χ1) is 21.1. The summed E-state index contributed by atoms with van der Waals surface area (Å²) in [4.78, 5) is -0.205. The predicted octanol–water partition coefficient (Wildman–Crippen LogP) is 6.46. The maximum absolute atomic E-state index is 14.5. The van der Waals surface area contributed by atoms with Crippen LogP contribution in [0.15, 0.2) is 123 Å². The summed E-state index contributed by atoms with van der Waals surface area (Å²) >= 11 is 3.09. The number of nitrogens with two attached hydrogens (primary N) is 2. The second-order valence-electron chi connectivity index (χ2n) is 9.94. The molecule has 0 atom stereocenters. The number of amidine groups is 2. The summed E-state index contributed by atoms with van der Waals surface area (Å²) in [5.41, 5.74) is 16.5. The number of aromatic nitrogens is 1. The molecule has 0 bridgehead atoms. The Hall–Kier alpha value is -5.20. The molecule has 0 aliphatic rings. The van der Waals surface area contributed by atoms with Gasteiger partial charge < -0.3 is 21.9 Å². The van der Waals surface area contributed by atoms with Crippen LogP contribution in [0, 0.1) is 5.82 Å². The molecular formula is C32H23BrFN5O4S. The van der Waals surface area contributed by atoms with Gasteiger partial charge in [-0.05, 0) is 92.8 Å². The van der Waals surface area contributed by atoms with Gasteiger partial charge in [0.15, 0.2) is 11.7 Å². The summed E-state index contributed by atoms with van der Waals surface area (Å²) in [5, 5.41) is 25.7. The number of nitrogens with zero attached hydrogens (tertiary/aromatic N) is 3. The van der Waals surface area contributed by atoms with E-state index in [0.29, 0.717) is 32.9 Å². The van der Waals surface area contributed by atoms with Gasteiger partial charge in [-0.2, -0.15) is 0 Å². The van der Waals surface area contributed by atoms with Crippen molar-refractivity contribution in [2.75, 3.05) is 0 Å². The number of hydrogen-bond donors (Lipinski definition) is 4. The fourth-order valence-electron chi connectivity index (χ4n) is 5.18. The second kappa shape index (κ2) is 11.1. The summed E-state index contributed by atoms with van der Waals surface area (Å²) in [6.07, 6.45) is 0. The lowest BCUT2D eigenvalue weighted by Crippen LogP contribution is -2.13. The zero-order valence-electron chi connectivity index (χ0n) is 22.7. The molecule has 6 N–H and O–H groups in total. The normalized spacial score (nSPS) is 12.7. The highest BCUT2D eigenvalue weighted by Gasteiger charge is 2.25. The lowest BCUT2D eigenvalue weighted by atomic mass is 9.98. The highest BCUT2D eigenvalue weighted by molar-refractivity contribution is 9.10. The van der Waals surface area contributed by atoms with Crippen molar-refractivity contribution in [1.82, 2.24) is 3.97 Å². The van der Waals surface area contributed by atoms with Crippen LogP contribution in [-0.2, 0) is 10.0 Å². The molecule has 9 nitrogen and oxygen atoms in total. The smallest absolute Gasteiger partial charge is 0.268 e. The first kappa shape index (κ1) is 28.9. The van der Waals surface area contributed by atoms with Gasteiger partial charge >= 0.3 is 0 Å². The van der Waals surface area contributed by atoms with Crippen LogP contribution in [0.1, 0.15) is 11.1 Å². The maximum atomic E-state index is 14.5. The van der Waals surface area contributed by atoms with Crippen LogP contribution < -0.4 is 11.5 Å². The highest BCUT2D eigenvalue weighted by Crippen LogP contribution is 2.38. The van der Waals surface area contributed by atoms with E-state index >= 15 is 0 Å². The van der Waals surface area contributed by atoms with E-state index in [0.717, 1.165) is 28.3 Å². The summed E-state index contributed by atoms with van der Waals surface area (Å²) in [6, 6.07) is 28.6. The number of rotatable bonds is 6. The van der Waals surface area contributed by atoms with E-state index in [2.05, 4.69) is 26.2 Å². The Labute approximate surface area is 259 Å². The Kier molecular flexibility index (Phi) is 7.31. The third kappa shape index (κ3) is 4.93. The molecule has 5 aromatic carbocycles. The van der Waals surface area contributed by atoms with Gasteiger partial charge in [0.1, 0.15) is 5.82 Å². The molecule has 1 aromatic heterocycles. The topological polar surface area (TPSA) is 156 Å². The first-order valence-corrected chi connectivity index (χ1v) is 15.3. The van der Waals surface area contributed by atoms with Crippen molar-refractivity contribution in [3.8, 4) is 22.3 Å². The van der Waals surface area contributed by atoms with Crippen molar-refractivity contribution >= 4 is 59.4 Å². The fraction of sp³-hybridized carbons (Fsp3) is 0. The van der Waals surface area contributed by atoms with Crippen molar-refractivity contribution in [3.63, 3.8) is 0 Å². The number of benzene rings is 5. The van der Waals surface area contributed by atoms with Gasteiger partial charge in [0, 0.05) is 21.9 Å². The molecular weight excluding hydrogens is 649 g/mol.